The highest BCUT2D eigenvalue weighted by molar-refractivity contribution is 6.10. The summed E-state index contributed by atoms with van der Waals surface area (Å²) in [5.74, 6) is 0.172. The number of ether oxygens (including phenoxy) is 1. The molecule has 0 fully saturated rings. The second-order valence-corrected chi connectivity index (χ2v) is 4.77. The topological polar surface area (TPSA) is 26.3 Å². The van der Waals surface area contributed by atoms with Crippen LogP contribution in [0, 0.1) is 5.82 Å². The van der Waals surface area contributed by atoms with E-state index in [4.69, 9.17) is 4.74 Å². The van der Waals surface area contributed by atoms with Crippen LogP contribution < -0.4 is 4.74 Å². The van der Waals surface area contributed by atoms with Gasteiger partial charge in [-0.2, -0.15) is 0 Å². The molecular weight excluding hydrogens is 267 g/mol. The normalized spacial score (nSPS) is 10.6. The molecule has 0 spiro atoms. The van der Waals surface area contributed by atoms with E-state index in [0.29, 0.717) is 11.1 Å². The first-order valence-corrected chi connectivity index (χ1v) is 6.55. The molecule has 3 aromatic carbocycles. The molecule has 0 bridgehead atoms. The number of benzene rings is 3. The van der Waals surface area contributed by atoms with E-state index in [1.807, 2.05) is 30.3 Å². The number of carbonyl (C=O) groups is 1. The Kier molecular flexibility index (Phi) is 3.40. The van der Waals surface area contributed by atoms with Crippen molar-refractivity contribution >= 4 is 16.6 Å². The number of ketones is 1. The Morgan fingerprint density at radius 3 is 2.38 bits per heavy atom. The fourth-order valence-corrected chi connectivity index (χ4v) is 2.29. The lowest BCUT2D eigenvalue weighted by Gasteiger charge is -2.05. The minimum absolute atomic E-state index is 0.188. The quantitative estimate of drug-likeness (QED) is 0.671. The van der Waals surface area contributed by atoms with E-state index in [2.05, 4.69) is 0 Å². The summed E-state index contributed by atoms with van der Waals surface area (Å²) in [4.78, 5) is 12.4. The van der Waals surface area contributed by atoms with Crippen LogP contribution in [0.3, 0.4) is 0 Å². The summed E-state index contributed by atoms with van der Waals surface area (Å²) < 4.78 is 18.4. The molecule has 0 unspecified atom stereocenters. The molecule has 0 aliphatic heterocycles. The number of hydrogen-bond donors (Lipinski definition) is 0. The maximum atomic E-state index is 13.2. The summed E-state index contributed by atoms with van der Waals surface area (Å²) in [6.07, 6.45) is 0. The van der Waals surface area contributed by atoms with E-state index in [0.717, 1.165) is 16.5 Å². The molecule has 104 valence electrons. The Morgan fingerprint density at radius 1 is 0.905 bits per heavy atom. The molecule has 0 saturated heterocycles. The van der Waals surface area contributed by atoms with Crippen LogP contribution in [-0.4, -0.2) is 12.9 Å². The standard InChI is InChI=1S/C18H13FO2/c1-21-17-8-7-12-9-15(6-5-13(12)11-17)18(20)14-3-2-4-16(19)10-14/h2-11H,1H3. The van der Waals surface area contributed by atoms with Crippen molar-refractivity contribution in [3.8, 4) is 5.75 Å². The van der Waals surface area contributed by atoms with E-state index in [1.165, 1.54) is 18.2 Å². The monoisotopic (exact) mass is 280 g/mol. The lowest BCUT2D eigenvalue weighted by Crippen LogP contribution is -2.01. The zero-order valence-corrected chi connectivity index (χ0v) is 11.5. The van der Waals surface area contributed by atoms with Crippen LogP contribution in [0.5, 0.6) is 5.75 Å². The van der Waals surface area contributed by atoms with Gasteiger partial charge in [0.2, 0.25) is 0 Å². The van der Waals surface area contributed by atoms with Gasteiger partial charge in [0, 0.05) is 11.1 Å². The molecule has 3 heteroatoms. The van der Waals surface area contributed by atoms with Crippen molar-refractivity contribution in [1.82, 2.24) is 0 Å². The third-order valence-corrected chi connectivity index (χ3v) is 3.40. The molecule has 3 rings (SSSR count). The maximum absolute atomic E-state index is 13.2. The van der Waals surface area contributed by atoms with Crippen LogP contribution in [0.15, 0.2) is 60.7 Å². The van der Waals surface area contributed by atoms with Crippen molar-refractivity contribution in [2.75, 3.05) is 7.11 Å². The summed E-state index contributed by atoms with van der Waals surface area (Å²) in [5.41, 5.74) is 0.890. The lowest BCUT2D eigenvalue weighted by molar-refractivity contribution is 0.103. The smallest absolute Gasteiger partial charge is 0.193 e. The predicted molar refractivity (Wildman–Crippen MR) is 80.3 cm³/mol. The van der Waals surface area contributed by atoms with E-state index in [9.17, 15) is 9.18 Å². The molecule has 0 amide bonds. The van der Waals surface area contributed by atoms with Crippen LogP contribution in [0.25, 0.3) is 10.8 Å². The minimum atomic E-state index is -0.411. The Bertz CT molecular complexity index is 824. The van der Waals surface area contributed by atoms with E-state index in [-0.39, 0.29) is 5.78 Å². The van der Waals surface area contributed by atoms with Crippen LogP contribution in [-0.2, 0) is 0 Å². The van der Waals surface area contributed by atoms with Crippen molar-refractivity contribution in [2.24, 2.45) is 0 Å². The molecule has 0 heterocycles. The molecule has 0 saturated carbocycles. The summed E-state index contributed by atoms with van der Waals surface area (Å²) >= 11 is 0. The van der Waals surface area contributed by atoms with Gasteiger partial charge in [-0.25, -0.2) is 4.39 Å². The highest BCUT2D eigenvalue weighted by atomic mass is 19.1. The van der Waals surface area contributed by atoms with Crippen LogP contribution >= 0.6 is 0 Å². The molecule has 0 aliphatic rings. The zero-order valence-electron chi connectivity index (χ0n) is 11.5. The molecule has 0 N–H and O–H groups in total. The average Bonchev–Trinajstić information content (AvgIpc) is 2.53. The van der Waals surface area contributed by atoms with Gasteiger partial charge in [0.25, 0.3) is 0 Å². The molecule has 21 heavy (non-hydrogen) atoms. The van der Waals surface area contributed by atoms with Gasteiger partial charge in [-0.15, -0.1) is 0 Å². The summed E-state index contributed by atoms with van der Waals surface area (Å²) in [7, 11) is 1.61. The number of halogens is 1. The summed E-state index contributed by atoms with van der Waals surface area (Å²) in [5, 5.41) is 1.93. The van der Waals surface area contributed by atoms with Crippen molar-refractivity contribution in [3.05, 3.63) is 77.6 Å². The molecule has 0 aliphatic carbocycles. The van der Waals surface area contributed by atoms with Gasteiger partial charge < -0.3 is 4.74 Å². The number of methoxy groups -OCH3 is 1. The predicted octanol–water partition coefficient (Wildman–Crippen LogP) is 4.22. The molecule has 0 atom stereocenters. The fourth-order valence-electron chi connectivity index (χ4n) is 2.29. The van der Waals surface area contributed by atoms with Crippen molar-refractivity contribution in [1.29, 1.82) is 0 Å². The average molecular weight is 280 g/mol. The Labute approximate surface area is 121 Å². The SMILES string of the molecule is COc1ccc2cc(C(=O)c3cccc(F)c3)ccc2c1. The third-order valence-electron chi connectivity index (χ3n) is 3.40. The highest BCUT2D eigenvalue weighted by Gasteiger charge is 2.10. The van der Waals surface area contributed by atoms with Crippen molar-refractivity contribution in [2.45, 2.75) is 0 Å². The van der Waals surface area contributed by atoms with Crippen molar-refractivity contribution in [3.63, 3.8) is 0 Å². The third kappa shape index (κ3) is 2.63. The van der Waals surface area contributed by atoms with Gasteiger partial charge >= 0.3 is 0 Å². The Morgan fingerprint density at radius 2 is 1.62 bits per heavy atom. The van der Waals surface area contributed by atoms with Gasteiger partial charge in [-0.1, -0.05) is 30.3 Å². The maximum Gasteiger partial charge on any atom is 0.193 e. The molecule has 0 radical (unpaired) electrons. The molecule has 2 nitrogen and oxygen atoms in total. The first-order chi connectivity index (χ1) is 10.2. The number of fused-ring (bicyclic) bond motifs is 1. The van der Waals surface area contributed by atoms with Crippen LogP contribution in [0.4, 0.5) is 4.39 Å². The Hall–Kier alpha value is -2.68. The van der Waals surface area contributed by atoms with E-state index >= 15 is 0 Å². The number of hydrogen-bond acceptors (Lipinski definition) is 2. The minimum Gasteiger partial charge on any atom is -0.497 e. The summed E-state index contributed by atoms with van der Waals surface area (Å²) in [6.45, 7) is 0. The van der Waals surface area contributed by atoms with Gasteiger partial charge in [0.1, 0.15) is 11.6 Å². The molecule has 3 aromatic rings. The molecular formula is C18H13FO2. The van der Waals surface area contributed by atoms with Gasteiger partial charge in [0.05, 0.1) is 7.11 Å². The van der Waals surface area contributed by atoms with E-state index < -0.39 is 5.82 Å². The van der Waals surface area contributed by atoms with Crippen LogP contribution in [0.1, 0.15) is 15.9 Å². The Balaban J connectivity index is 2.03. The van der Waals surface area contributed by atoms with E-state index in [1.54, 1.807) is 19.2 Å². The largest absolute Gasteiger partial charge is 0.497 e. The number of carbonyl (C=O) groups excluding carboxylic acids is 1. The number of rotatable bonds is 3. The van der Waals surface area contributed by atoms with Gasteiger partial charge in [-0.05, 0) is 41.1 Å². The summed E-state index contributed by atoms with van der Waals surface area (Å²) in [6, 6.07) is 16.8. The molecule has 0 aromatic heterocycles. The second kappa shape index (κ2) is 5.37. The first-order valence-electron chi connectivity index (χ1n) is 6.55. The van der Waals surface area contributed by atoms with Gasteiger partial charge in [-0.3, -0.25) is 4.79 Å². The fraction of sp³-hybridized carbons (Fsp3) is 0.0556. The van der Waals surface area contributed by atoms with Crippen LogP contribution in [0.2, 0.25) is 0 Å². The lowest BCUT2D eigenvalue weighted by atomic mass is 10.00. The second-order valence-electron chi connectivity index (χ2n) is 4.77. The van der Waals surface area contributed by atoms with Crippen molar-refractivity contribution < 1.29 is 13.9 Å². The zero-order chi connectivity index (χ0) is 14.8. The van der Waals surface area contributed by atoms with Gasteiger partial charge in [0.15, 0.2) is 5.78 Å². The highest BCUT2D eigenvalue weighted by Crippen LogP contribution is 2.23. The first kappa shape index (κ1) is 13.3.